The van der Waals surface area contributed by atoms with Crippen molar-refractivity contribution < 1.29 is 5.11 Å². The number of anilines is 1. The smallest absolute Gasteiger partial charge is 0.0616 e. The van der Waals surface area contributed by atoms with E-state index < -0.39 is 0 Å². The molecule has 0 radical (unpaired) electrons. The summed E-state index contributed by atoms with van der Waals surface area (Å²) in [5, 5.41) is 13.4. The molecule has 0 spiro atoms. The van der Waals surface area contributed by atoms with E-state index in [9.17, 15) is 5.11 Å². The molecule has 1 aliphatic rings. The molecule has 0 heterocycles. The van der Waals surface area contributed by atoms with Crippen LogP contribution in [0.3, 0.4) is 0 Å². The minimum Gasteiger partial charge on any atom is -0.394 e. The first-order chi connectivity index (χ1) is 10.1. The molecule has 2 atom stereocenters. The Hall–Kier alpha value is -1.06. The van der Waals surface area contributed by atoms with Crippen molar-refractivity contribution in [2.24, 2.45) is 5.92 Å². The molecule has 3 nitrogen and oxygen atoms in total. The van der Waals surface area contributed by atoms with Crippen LogP contribution < -0.4 is 10.2 Å². The Bertz CT molecular complexity index is 449. The van der Waals surface area contributed by atoms with Gasteiger partial charge in [0.25, 0.3) is 0 Å². The highest BCUT2D eigenvalue weighted by Gasteiger charge is 2.41. The topological polar surface area (TPSA) is 35.5 Å². The second-order valence-corrected chi connectivity index (χ2v) is 6.48. The number of aliphatic hydroxyl groups excluding tert-OH is 1. The van der Waals surface area contributed by atoms with Crippen LogP contribution in [0.4, 0.5) is 5.69 Å². The SMILES string of the molecule is CCNC1(CO)CCCC1CCN(C)c1cccc(C)c1. The molecule has 1 aromatic carbocycles. The highest BCUT2D eigenvalue weighted by atomic mass is 16.3. The zero-order valence-electron chi connectivity index (χ0n) is 13.7. The normalized spacial score (nSPS) is 25.2. The van der Waals surface area contributed by atoms with Crippen LogP contribution in [0.15, 0.2) is 24.3 Å². The van der Waals surface area contributed by atoms with Gasteiger partial charge >= 0.3 is 0 Å². The highest BCUT2D eigenvalue weighted by molar-refractivity contribution is 5.47. The van der Waals surface area contributed by atoms with Crippen molar-refractivity contribution in [3.05, 3.63) is 29.8 Å². The zero-order valence-corrected chi connectivity index (χ0v) is 13.7. The molecule has 118 valence electrons. The van der Waals surface area contributed by atoms with Crippen molar-refractivity contribution in [1.82, 2.24) is 5.32 Å². The molecule has 0 aliphatic heterocycles. The minimum atomic E-state index is -0.0395. The largest absolute Gasteiger partial charge is 0.394 e. The van der Waals surface area contributed by atoms with E-state index in [1.165, 1.54) is 24.1 Å². The lowest BCUT2D eigenvalue weighted by molar-refractivity contribution is 0.122. The number of nitrogens with zero attached hydrogens (tertiary/aromatic N) is 1. The number of hydrogen-bond acceptors (Lipinski definition) is 3. The summed E-state index contributed by atoms with van der Waals surface area (Å²) in [6.45, 7) is 6.51. The molecular weight excluding hydrogens is 260 g/mol. The fraction of sp³-hybridized carbons (Fsp3) is 0.667. The average Bonchev–Trinajstić information content (AvgIpc) is 2.88. The van der Waals surface area contributed by atoms with E-state index in [0.717, 1.165) is 25.9 Å². The van der Waals surface area contributed by atoms with Gasteiger partial charge in [-0.05, 0) is 56.3 Å². The Morgan fingerprint density at radius 3 is 2.90 bits per heavy atom. The highest BCUT2D eigenvalue weighted by Crippen LogP contribution is 2.38. The Labute approximate surface area is 129 Å². The molecular formula is C18H30N2O. The molecule has 2 N–H and O–H groups in total. The Kier molecular flexibility index (Phi) is 5.65. The number of nitrogens with one attached hydrogen (secondary N) is 1. The lowest BCUT2D eigenvalue weighted by Gasteiger charge is -2.36. The van der Waals surface area contributed by atoms with Crippen molar-refractivity contribution >= 4 is 5.69 Å². The van der Waals surface area contributed by atoms with E-state index in [-0.39, 0.29) is 12.1 Å². The van der Waals surface area contributed by atoms with E-state index in [0.29, 0.717) is 5.92 Å². The quantitative estimate of drug-likeness (QED) is 0.810. The first kappa shape index (κ1) is 16.3. The number of hydrogen-bond donors (Lipinski definition) is 2. The van der Waals surface area contributed by atoms with Gasteiger partial charge < -0.3 is 15.3 Å². The maximum atomic E-state index is 9.86. The standard InChI is InChI=1S/C18H30N2O/c1-4-19-18(14-21)11-6-8-16(18)10-12-20(3)17-9-5-7-15(2)13-17/h5,7,9,13,16,19,21H,4,6,8,10-12,14H2,1-3H3. The van der Waals surface area contributed by atoms with Gasteiger partial charge in [-0.1, -0.05) is 25.5 Å². The Morgan fingerprint density at radius 2 is 2.24 bits per heavy atom. The summed E-state index contributed by atoms with van der Waals surface area (Å²) in [5.41, 5.74) is 2.55. The van der Waals surface area contributed by atoms with Crippen LogP contribution in [0.25, 0.3) is 0 Å². The summed E-state index contributed by atoms with van der Waals surface area (Å²) in [6.07, 6.45) is 4.70. The van der Waals surface area contributed by atoms with Crippen LogP contribution >= 0.6 is 0 Å². The van der Waals surface area contributed by atoms with Crippen molar-refractivity contribution in [3.8, 4) is 0 Å². The molecule has 3 heteroatoms. The molecule has 1 saturated carbocycles. The van der Waals surface area contributed by atoms with Gasteiger partial charge in [-0.25, -0.2) is 0 Å². The first-order valence-electron chi connectivity index (χ1n) is 8.25. The summed E-state index contributed by atoms with van der Waals surface area (Å²) in [4.78, 5) is 2.33. The Morgan fingerprint density at radius 1 is 1.43 bits per heavy atom. The number of aryl methyl sites for hydroxylation is 1. The predicted molar refractivity (Wildman–Crippen MR) is 89.9 cm³/mol. The maximum absolute atomic E-state index is 9.86. The lowest BCUT2D eigenvalue weighted by atomic mass is 9.85. The van der Waals surface area contributed by atoms with E-state index in [1.807, 2.05) is 0 Å². The third-order valence-corrected chi connectivity index (χ3v) is 5.02. The van der Waals surface area contributed by atoms with Crippen molar-refractivity contribution in [2.75, 3.05) is 31.6 Å². The molecule has 2 unspecified atom stereocenters. The van der Waals surface area contributed by atoms with Gasteiger partial charge in [-0.2, -0.15) is 0 Å². The number of likely N-dealkylation sites (N-methyl/N-ethyl adjacent to an activating group) is 1. The summed E-state index contributed by atoms with van der Waals surface area (Å²) >= 11 is 0. The summed E-state index contributed by atoms with van der Waals surface area (Å²) in [7, 11) is 2.16. The fourth-order valence-corrected chi connectivity index (χ4v) is 3.76. The van der Waals surface area contributed by atoms with Gasteiger partial charge in [0.05, 0.1) is 6.61 Å². The van der Waals surface area contributed by atoms with Gasteiger partial charge in [0.1, 0.15) is 0 Å². The number of aliphatic hydroxyl groups is 1. The van der Waals surface area contributed by atoms with Crippen LogP contribution in [0, 0.1) is 12.8 Å². The van der Waals surface area contributed by atoms with Crippen LogP contribution in [0.5, 0.6) is 0 Å². The van der Waals surface area contributed by atoms with E-state index in [4.69, 9.17) is 0 Å². The molecule has 2 rings (SSSR count). The third-order valence-electron chi connectivity index (χ3n) is 5.02. The first-order valence-corrected chi connectivity index (χ1v) is 8.25. The van der Waals surface area contributed by atoms with E-state index in [1.54, 1.807) is 0 Å². The lowest BCUT2D eigenvalue weighted by Crippen LogP contribution is -2.51. The fourth-order valence-electron chi connectivity index (χ4n) is 3.76. The monoisotopic (exact) mass is 290 g/mol. The summed E-state index contributed by atoms with van der Waals surface area (Å²) < 4.78 is 0. The van der Waals surface area contributed by atoms with Gasteiger partial charge in [-0.3, -0.25) is 0 Å². The molecule has 0 aromatic heterocycles. The minimum absolute atomic E-state index is 0.0395. The third kappa shape index (κ3) is 3.78. The predicted octanol–water partition coefficient (Wildman–Crippen LogP) is 2.96. The average molecular weight is 290 g/mol. The second-order valence-electron chi connectivity index (χ2n) is 6.48. The van der Waals surface area contributed by atoms with Crippen molar-refractivity contribution in [1.29, 1.82) is 0 Å². The molecule has 0 saturated heterocycles. The van der Waals surface area contributed by atoms with Crippen molar-refractivity contribution in [3.63, 3.8) is 0 Å². The zero-order chi connectivity index (χ0) is 15.3. The summed E-state index contributed by atoms with van der Waals surface area (Å²) in [5.74, 6) is 0.578. The van der Waals surface area contributed by atoms with Crippen LogP contribution in [0.1, 0.15) is 38.2 Å². The van der Waals surface area contributed by atoms with Crippen molar-refractivity contribution in [2.45, 2.75) is 45.1 Å². The summed E-state index contributed by atoms with van der Waals surface area (Å²) in [6, 6.07) is 8.66. The Balaban J connectivity index is 1.95. The maximum Gasteiger partial charge on any atom is 0.0616 e. The second kappa shape index (κ2) is 7.28. The molecule has 0 amide bonds. The molecule has 0 bridgehead atoms. The van der Waals surface area contributed by atoms with Gasteiger partial charge in [0.2, 0.25) is 0 Å². The van der Waals surface area contributed by atoms with Crippen LogP contribution in [-0.4, -0.2) is 37.4 Å². The number of benzene rings is 1. The molecule has 1 fully saturated rings. The van der Waals surface area contributed by atoms with E-state index in [2.05, 4.69) is 55.4 Å². The molecule has 21 heavy (non-hydrogen) atoms. The van der Waals surface area contributed by atoms with Gasteiger partial charge in [0.15, 0.2) is 0 Å². The molecule has 1 aromatic rings. The number of rotatable bonds is 7. The van der Waals surface area contributed by atoms with Gasteiger partial charge in [-0.15, -0.1) is 0 Å². The van der Waals surface area contributed by atoms with Crippen LogP contribution in [-0.2, 0) is 0 Å². The van der Waals surface area contributed by atoms with E-state index >= 15 is 0 Å². The molecule has 1 aliphatic carbocycles. The van der Waals surface area contributed by atoms with Crippen LogP contribution in [0.2, 0.25) is 0 Å². The van der Waals surface area contributed by atoms with Gasteiger partial charge in [0, 0.05) is 24.8 Å².